The van der Waals surface area contributed by atoms with E-state index in [0.717, 1.165) is 72.5 Å². The van der Waals surface area contributed by atoms with Gasteiger partial charge in [-0.15, -0.1) is 0 Å². The number of nitrogens with zero attached hydrogens (tertiary/aromatic N) is 4. The Morgan fingerprint density at radius 3 is 2.71 bits per heavy atom. The molecule has 4 heterocycles. The number of hydrogen-bond acceptors (Lipinski definition) is 9. The SMILES string of the molecule is NC(=O)c1cc(Nc2ncc3cc(-c4cn[nH]c4)c(OC4CCNCC4)cc3n2)cc(N2CCOCC2)c1. The van der Waals surface area contributed by atoms with Gasteiger partial charge in [-0.25, -0.2) is 9.97 Å². The van der Waals surface area contributed by atoms with Crippen molar-refractivity contribution in [1.29, 1.82) is 0 Å². The van der Waals surface area contributed by atoms with E-state index in [1.807, 2.05) is 30.5 Å². The van der Waals surface area contributed by atoms with Gasteiger partial charge in [-0.3, -0.25) is 9.89 Å². The van der Waals surface area contributed by atoms with E-state index in [0.29, 0.717) is 30.4 Å². The first kappa shape index (κ1) is 24.1. The molecule has 5 N–H and O–H groups in total. The van der Waals surface area contributed by atoms with E-state index in [-0.39, 0.29) is 6.10 Å². The Labute approximate surface area is 219 Å². The minimum atomic E-state index is -0.492. The summed E-state index contributed by atoms with van der Waals surface area (Å²) in [5.74, 6) is 0.686. The van der Waals surface area contributed by atoms with Gasteiger partial charge in [0.15, 0.2) is 0 Å². The molecule has 0 unspecified atom stereocenters. The molecular formula is C27H30N8O3. The average Bonchev–Trinajstić information content (AvgIpc) is 3.48. The Hall–Kier alpha value is -4.22. The molecule has 11 nitrogen and oxygen atoms in total. The predicted molar refractivity (Wildman–Crippen MR) is 145 cm³/mol. The van der Waals surface area contributed by atoms with Gasteiger partial charge < -0.3 is 30.7 Å². The number of hydrogen-bond donors (Lipinski definition) is 4. The molecule has 2 aromatic carbocycles. The molecule has 2 aliphatic heterocycles. The summed E-state index contributed by atoms with van der Waals surface area (Å²) in [7, 11) is 0. The minimum absolute atomic E-state index is 0.133. The number of carbonyl (C=O) groups is 1. The van der Waals surface area contributed by atoms with Crippen LogP contribution < -0.4 is 26.0 Å². The van der Waals surface area contributed by atoms with Gasteiger partial charge in [0, 0.05) is 65.0 Å². The Balaban J connectivity index is 1.33. The lowest BCUT2D eigenvalue weighted by atomic mass is 10.0. The van der Waals surface area contributed by atoms with Crippen LogP contribution in [0.5, 0.6) is 5.75 Å². The summed E-state index contributed by atoms with van der Waals surface area (Å²) in [6.07, 6.45) is 7.44. The van der Waals surface area contributed by atoms with Gasteiger partial charge in [0.2, 0.25) is 11.9 Å². The quantitative estimate of drug-likeness (QED) is 0.293. The van der Waals surface area contributed by atoms with Gasteiger partial charge >= 0.3 is 0 Å². The third-order valence-electron chi connectivity index (χ3n) is 6.90. The lowest BCUT2D eigenvalue weighted by molar-refractivity contribution is 0.1000. The van der Waals surface area contributed by atoms with Crippen LogP contribution in [-0.4, -0.2) is 71.6 Å². The predicted octanol–water partition coefficient (Wildman–Crippen LogP) is 2.83. The molecule has 2 saturated heterocycles. The van der Waals surface area contributed by atoms with Crippen molar-refractivity contribution >= 4 is 34.1 Å². The highest BCUT2D eigenvalue weighted by Crippen LogP contribution is 2.35. The first-order chi connectivity index (χ1) is 18.6. The minimum Gasteiger partial charge on any atom is -0.490 e. The van der Waals surface area contributed by atoms with Crippen LogP contribution >= 0.6 is 0 Å². The van der Waals surface area contributed by atoms with E-state index in [1.54, 1.807) is 18.5 Å². The highest BCUT2D eigenvalue weighted by molar-refractivity contribution is 5.95. The summed E-state index contributed by atoms with van der Waals surface area (Å²) in [6, 6.07) is 9.49. The number of amides is 1. The van der Waals surface area contributed by atoms with Crippen LogP contribution in [-0.2, 0) is 4.74 Å². The van der Waals surface area contributed by atoms with Crippen molar-refractivity contribution in [3.8, 4) is 16.9 Å². The third-order valence-corrected chi connectivity index (χ3v) is 6.90. The third kappa shape index (κ3) is 5.24. The number of nitrogens with one attached hydrogen (secondary N) is 3. The summed E-state index contributed by atoms with van der Waals surface area (Å²) in [6.45, 7) is 4.64. The molecule has 0 radical (unpaired) electrons. The van der Waals surface area contributed by atoms with Gasteiger partial charge in [0.05, 0.1) is 24.9 Å². The number of carbonyl (C=O) groups excluding carboxylic acids is 1. The fraction of sp³-hybridized carbons (Fsp3) is 0.333. The van der Waals surface area contributed by atoms with Crippen molar-refractivity contribution in [3.05, 3.63) is 54.5 Å². The Morgan fingerprint density at radius 2 is 1.95 bits per heavy atom. The molecule has 2 aromatic heterocycles. The Morgan fingerprint density at radius 1 is 1.11 bits per heavy atom. The van der Waals surface area contributed by atoms with Crippen LogP contribution in [0, 0.1) is 0 Å². The fourth-order valence-corrected chi connectivity index (χ4v) is 4.89. The molecule has 1 amide bonds. The molecule has 2 aliphatic rings. The highest BCUT2D eigenvalue weighted by atomic mass is 16.5. The van der Waals surface area contributed by atoms with E-state index in [9.17, 15) is 4.79 Å². The van der Waals surface area contributed by atoms with Gasteiger partial charge in [-0.2, -0.15) is 5.10 Å². The number of rotatable bonds is 7. The van der Waals surface area contributed by atoms with E-state index < -0.39 is 5.91 Å². The molecule has 6 rings (SSSR count). The Kier molecular flexibility index (Phi) is 6.76. The van der Waals surface area contributed by atoms with Crippen LogP contribution in [0.3, 0.4) is 0 Å². The van der Waals surface area contributed by atoms with Crippen molar-refractivity contribution in [3.63, 3.8) is 0 Å². The second-order valence-corrected chi connectivity index (χ2v) is 9.51. The molecule has 11 heteroatoms. The first-order valence-corrected chi connectivity index (χ1v) is 12.8. The van der Waals surface area contributed by atoms with E-state index in [1.165, 1.54) is 0 Å². The van der Waals surface area contributed by atoms with Crippen molar-refractivity contribution in [2.75, 3.05) is 49.6 Å². The average molecular weight is 515 g/mol. The molecule has 196 valence electrons. The maximum atomic E-state index is 12.0. The number of primary amides is 1. The van der Waals surface area contributed by atoms with Crippen LogP contribution in [0.2, 0.25) is 0 Å². The number of anilines is 3. The van der Waals surface area contributed by atoms with Crippen LogP contribution in [0.15, 0.2) is 48.9 Å². The maximum absolute atomic E-state index is 12.0. The van der Waals surface area contributed by atoms with Crippen molar-refractivity contribution in [1.82, 2.24) is 25.5 Å². The lowest BCUT2D eigenvalue weighted by Gasteiger charge is -2.29. The standard InChI is InChI=1S/C27H30N8O3/c28-26(36)17-9-20(12-21(10-17)35-5-7-37-8-6-35)33-27-30-14-18-11-23(19-15-31-32-16-19)25(13-24(18)34-27)38-22-1-3-29-4-2-22/h9-16,22,29H,1-8H2,(H2,28,36)(H,31,32)(H,30,33,34). The van der Waals surface area contributed by atoms with Gasteiger partial charge in [-0.1, -0.05) is 0 Å². The smallest absolute Gasteiger partial charge is 0.248 e. The van der Waals surface area contributed by atoms with Gasteiger partial charge in [-0.05, 0) is 50.2 Å². The molecule has 2 fully saturated rings. The Bertz CT molecular complexity index is 1430. The second-order valence-electron chi connectivity index (χ2n) is 9.51. The van der Waals surface area contributed by atoms with Crippen LogP contribution in [0.25, 0.3) is 22.0 Å². The van der Waals surface area contributed by atoms with Gasteiger partial charge in [0.25, 0.3) is 0 Å². The van der Waals surface area contributed by atoms with Crippen LogP contribution in [0.4, 0.5) is 17.3 Å². The number of aromatic amines is 1. The number of fused-ring (bicyclic) bond motifs is 1. The van der Waals surface area contributed by atoms with Gasteiger partial charge in [0.1, 0.15) is 11.9 Å². The largest absolute Gasteiger partial charge is 0.490 e. The summed E-state index contributed by atoms with van der Waals surface area (Å²) < 4.78 is 11.9. The zero-order valence-electron chi connectivity index (χ0n) is 20.9. The number of ether oxygens (including phenoxy) is 2. The zero-order valence-corrected chi connectivity index (χ0v) is 20.9. The fourth-order valence-electron chi connectivity index (χ4n) is 4.89. The first-order valence-electron chi connectivity index (χ1n) is 12.8. The van der Waals surface area contributed by atoms with Crippen molar-refractivity contribution in [2.45, 2.75) is 18.9 Å². The topological polar surface area (TPSA) is 143 Å². The summed E-state index contributed by atoms with van der Waals surface area (Å²) >= 11 is 0. The zero-order chi connectivity index (χ0) is 25.9. The molecule has 0 saturated carbocycles. The number of nitrogens with two attached hydrogens (primary N) is 1. The van der Waals surface area contributed by atoms with E-state index >= 15 is 0 Å². The number of aromatic nitrogens is 4. The number of piperidine rings is 1. The molecule has 0 spiro atoms. The molecular weight excluding hydrogens is 484 g/mol. The monoisotopic (exact) mass is 514 g/mol. The maximum Gasteiger partial charge on any atom is 0.248 e. The van der Waals surface area contributed by atoms with E-state index in [4.69, 9.17) is 20.2 Å². The normalized spacial score (nSPS) is 16.5. The second kappa shape index (κ2) is 10.6. The molecule has 0 bridgehead atoms. The van der Waals surface area contributed by atoms with E-state index in [2.05, 4.69) is 30.7 Å². The number of H-pyrrole nitrogens is 1. The van der Waals surface area contributed by atoms with Crippen molar-refractivity contribution < 1.29 is 14.3 Å². The molecule has 0 atom stereocenters. The van der Waals surface area contributed by atoms with Crippen molar-refractivity contribution in [2.24, 2.45) is 5.73 Å². The highest BCUT2D eigenvalue weighted by Gasteiger charge is 2.19. The summed E-state index contributed by atoms with van der Waals surface area (Å²) in [5, 5.41) is 14.5. The number of morpholine rings is 1. The lowest BCUT2D eigenvalue weighted by Crippen LogP contribution is -2.36. The van der Waals surface area contributed by atoms with Crippen LogP contribution in [0.1, 0.15) is 23.2 Å². The summed E-state index contributed by atoms with van der Waals surface area (Å²) in [5.41, 5.74) is 10.3. The molecule has 38 heavy (non-hydrogen) atoms. The molecule has 0 aliphatic carbocycles. The summed E-state index contributed by atoms with van der Waals surface area (Å²) in [4.78, 5) is 23.5. The molecule has 4 aromatic rings. The number of benzene rings is 2.